The van der Waals surface area contributed by atoms with Crippen molar-refractivity contribution < 1.29 is 0 Å². The molecule has 0 bridgehead atoms. The number of hydrogen-bond donors (Lipinski definition) is 2. The molecule has 0 atom stereocenters. The SMILES string of the molecule is Cc1nn(-c2ccc(C(=N)N)c(Cl)c2)c(C)c1Br. The molecule has 1 heterocycles. The molecule has 0 aliphatic carbocycles. The molecule has 0 aliphatic rings. The van der Waals surface area contributed by atoms with E-state index in [-0.39, 0.29) is 5.84 Å². The lowest BCUT2D eigenvalue weighted by atomic mass is 10.2. The molecule has 1 aromatic heterocycles. The van der Waals surface area contributed by atoms with Gasteiger partial charge in [0.2, 0.25) is 0 Å². The third-order valence-corrected chi connectivity index (χ3v) is 4.15. The summed E-state index contributed by atoms with van der Waals surface area (Å²) in [6.07, 6.45) is 0. The number of nitrogens with one attached hydrogen (secondary N) is 1. The van der Waals surface area contributed by atoms with Crippen LogP contribution >= 0.6 is 27.5 Å². The van der Waals surface area contributed by atoms with E-state index in [0.717, 1.165) is 21.5 Å². The number of rotatable bonds is 2. The lowest BCUT2D eigenvalue weighted by Gasteiger charge is -2.07. The summed E-state index contributed by atoms with van der Waals surface area (Å²) >= 11 is 9.58. The van der Waals surface area contributed by atoms with Gasteiger partial charge in [0.25, 0.3) is 0 Å². The number of nitrogens with two attached hydrogens (primary N) is 1. The summed E-state index contributed by atoms with van der Waals surface area (Å²) in [4.78, 5) is 0. The van der Waals surface area contributed by atoms with Crippen LogP contribution in [0.4, 0.5) is 0 Å². The molecule has 0 saturated carbocycles. The highest BCUT2D eigenvalue weighted by Gasteiger charge is 2.12. The van der Waals surface area contributed by atoms with Crippen LogP contribution in [0.5, 0.6) is 0 Å². The lowest BCUT2D eigenvalue weighted by molar-refractivity contribution is 0.833. The number of nitrogens with zero attached hydrogens (tertiary/aromatic N) is 2. The zero-order valence-corrected chi connectivity index (χ0v) is 12.3. The van der Waals surface area contributed by atoms with E-state index in [4.69, 9.17) is 22.7 Å². The maximum atomic E-state index is 7.40. The van der Waals surface area contributed by atoms with Gasteiger partial charge in [-0.3, -0.25) is 5.41 Å². The fraction of sp³-hybridized carbons (Fsp3) is 0.167. The quantitative estimate of drug-likeness (QED) is 0.657. The van der Waals surface area contributed by atoms with Gasteiger partial charge in [-0.05, 0) is 48.0 Å². The molecule has 1 aromatic carbocycles. The fourth-order valence-electron chi connectivity index (χ4n) is 1.73. The Kier molecular flexibility index (Phi) is 3.45. The summed E-state index contributed by atoms with van der Waals surface area (Å²) in [7, 11) is 0. The first-order valence-electron chi connectivity index (χ1n) is 5.28. The average molecular weight is 328 g/mol. The number of hydrogen-bond acceptors (Lipinski definition) is 2. The van der Waals surface area contributed by atoms with Crippen LogP contribution in [-0.4, -0.2) is 15.6 Å². The molecule has 0 fully saturated rings. The second-order valence-electron chi connectivity index (χ2n) is 3.97. The summed E-state index contributed by atoms with van der Waals surface area (Å²) in [5.41, 5.74) is 8.72. The Labute approximate surface area is 118 Å². The Morgan fingerprint density at radius 2 is 2.11 bits per heavy atom. The molecule has 4 nitrogen and oxygen atoms in total. The largest absolute Gasteiger partial charge is 0.384 e. The summed E-state index contributed by atoms with van der Waals surface area (Å²) in [6.45, 7) is 3.90. The second kappa shape index (κ2) is 4.74. The molecule has 0 amide bonds. The van der Waals surface area contributed by atoms with Crippen molar-refractivity contribution in [1.82, 2.24) is 9.78 Å². The topological polar surface area (TPSA) is 67.7 Å². The van der Waals surface area contributed by atoms with Gasteiger partial charge in [0.05, 0.1) is 26.6 Å². The summed E-state index contributed by atoms with van der Waals surface area (Å²) in [5.74, 6) is -0.0406. The minimum absolute atomic E-state index is 0.0406. The predicted octanol–water partition coefficient (Wildman–Crippen LogP) is 3.19. The number of halogens is 2. The van der Waals surface area contributed by atoms with E-state index in [2.05, 4.69) is 21.0 Å². The van der Waals surface area contributed by atoms with E-state index in [9.17, 15) is 0 Å². The van der Waals surface area contributed by atoms with Crippen molar-refractivity contribution in [3.63, 3.8) is 0 Å². The molecule has 94 valence electrons. The zero-order valence-electron chi connectivity index (χ0n) is 9.96. The maximum absolute atomic E-state index is 7.40. The van der Waals surface area contributed by atoms with Gasteiger partial charge in [-0.15, -0.1) is 0 Å². The number of amidine groups is 1. The molecule has 3 N–H and O–H groups in total. The average Bonchev–Trinajstić information content (AvgIpc) is 2.56. The predicted molar refractivity (Wildman–Crippen MR) is 76.8 cm³/mol. The van der Waals surface area contributed by atoms with Crippen LogP contribution in [0.3, 0.4) is 0 Å². The van der Waals surface area contributed by atoms with Gasteiger partial charge in [-0.2, -0.15) is 5.10 Å². The molecule has 2 rings (SSSR count). The monoisotopic (exact) mass is 326 g/mol. The van der Waals surface area contributed by atoms with Crippen molar-refractivity contribution in [1.29, 1.82) is 5.41 Å². The molecule has 0 saturated heterocycles. The zero-order chi connectivity index (χ0) is 13.4. The smallest absolute Gasteiger partial charge is 0.124 e. The van der Waals surface area contributed by atoms with E-state index in [0.29, 0.717) is 10.6 Å². The lowest BCUT2D eigenvalue weighted by Crippen LogP contribution is -2.12. The summed E-state index contributed by atoms with van der Waals surface area (Å²) < 4.78 is 2.78. The van der Waals surface area contributed by atoms with Crippen molar-refractivity contribution in [3.8, 4) is 5.69 Å². The van der Waals surface area contributed by atoms with Gasteiger partial charge >= 0.3 is 0 Å². The third-order valence-electron chi connectivity index (χ3n) is 2.69. The number of aryl methyl sites for hydroxylation is 1. The third kappa shape index (κ3) is 2.15. The first kappa shape index (κ1) is 13.1. The standard InChI is InChI=1S/C12H12BrClN4/c1-6-11(13)7(2)18(17-6)8-3-4-9(12(15)16)10(14)5-8/h3-5H,1-2H3,(H3,15,16). The molecular formula is C12H12BrClN4. The van der Waals surface area contributed by atoms with E-state index < -0.39 is 0 Å². The van der Waals surface area contributed by atoms with Gasteiger partial charge in [-0.1, -0.05) is 11.6 Å². The van der Waals surface area contributed by atoms with Crippen molar-refractivity contribution in [2.24, 2.45) is 5.73 Å². The van der Waals surface area contributed by atoms with Crippen LogP contribution in [-0.2, 0) is 0 Å². The second-order valence-corrected chi connectivity index (χ2v) is 5.17. The Morgan fingerprint density at radius 3 is 2.56 bits per heavy atom. The van der Waals surface area contributed by atoms with Gasteiger partial charge in [0, 0.05) is 5.56 Å². The van der Waals surface area contributed by atoms with Crippen molar-refractivity contribution in [2.45, 2.75) is 13.8 Å². The highest BCUT2D eigenvalue weighted by atomic mass is 79.9. The molecule has 0 aliphatic heterocycles. The first-order valence-corrected chi connectivity index (χ1v) is 6.45. The Balaban J connectivity index is 2.55. The normalized spacial score (nSPS) is 10.7. The minimum Gasteiger partial charge on any atom is -0.384 e. The number of nitrogen functional groups attached to an aromatic ring is 1. The van der Waals surface area contributed by atoms with E-state index >= 15 is 0 Å². The van der Waals surface area contributed by atoms with Crippen molar-refractivity contribution in [2.75, 3.05) is 0 Å². The molecule has 2 aromatic rings. The van der Waals surface area contributed by atoms with Gasteiger partial charge in [-0.25, -0.2) is 4.68 Å². The van der Waals surface area contributed by atoms with E-state index in [1.54, 1.807) is 16.8 Å². The maximum Gasteiger partial charge on any atom is 0.124 e. The van der Waals surface area contributed by atoms with Gasteiger partial charge in [0.1, 0.15) is 5.84 Å². The van der Waals surface area contributed by atoms with E-state index in [1.165, 1.54) is 0 Å². The summed E-state index contributed by atoms with van der Waals surface area (Å²) in [6, 6.07) is 5.32. The molecular weight excluding hydrogens is 316 g/mol. The Morgan fingerprint density at radius 1 is 1.44 bits per heavy atom. The number of aromatic nitrogens is 2. The Bertz CT molecular complexity index is 633. The molecule has 0 unspecified atom stereocenters. The molecule has 0 radical (unpaired) electrons. The number of benzene rings is 1. The van der Waals surface area contributed by atoms with Crippen molar-refractivity contribution >= 4 is 33.4 Å². The van der Waals surface area contributed by atoms with Crippen LogP contribution in [0.25, 0.3) is 5.69 Å². The van der Waals surface area contributed by atoms with Crippen LogP contribution in [0, 0.1) is 19.3 Å². The van der Waals surface area contributed by atoms with Gasteiger partial charge < -0.3 is 5.73 Å². The van der Waals surface area contributed by atoms with Crippen LogP contribution in [0.2, 0.25) is 5.02 Å². The van der Waals surface area contributed by atoms with E-state index in [1.807, 2.05) is 19.9 Å². The minimum atomic E-state index is -0.0406. The fourth-order valence-corrected chi connectivity index (χ4v) is 2.25. The van der Waals surface area contributed by atoms with Crippen LogP contribution in [0.15, 0.2) is 22.7 Å². The van der Waals surface area contributed by atoms with Crippen LogP contribution < -0.4 is 5.73 Å². The highest BCUT2D eigenvalue weighted by molar-refractivity contribution is 9.10. The van der Waals surface area contributed by atoms with Crippen LogP contribution in [0.1, 0.15) is 17.0 Å². The molecule has 6 heteroatoms. The van der Waals surface area contributed by atoms with Crippen molar-refractivity contribution in [3.05, 3.63) is 44.6 Å². The van der Waals surface area contributed by atoms with Gasteiger partial charge in [0.15, 0.2) is 0 Å². The Hall–Kier alpha value is -1.33. The first-order chi connectivity index (χ1) is 8.41. The summed E-state index contributed by atoms with van der Waals surface area (Å²) in [5, 5.41) is 12.3. The molecule has 0 spiro atoms. The molecule has 18 heavy (non-hydrogen) atoms. The highest BCUT2D eigenvalue weighted by Crippen LogP contribution is 2.25.